The van der Waals surface area contributed by atoms with E-state index in [0.29, 0.717) is 35.2 Å². The molecule has 1 heterocycles. The Morgan fingerprint density at radius 2 is 1.32 bits per heavy atom. The number of anilines is 1. The lowest BCUT2D eigenvalue weighted by Crippen LogP contribution is -2.37. The minimum Gasteiger partial charge on any atom is -0.462 e. The molecule has 0 fully saturated rings. The molecule has 0 aliphatic heterocycles. The SMILES string of the molecule is CCCCCCCCCCCCCC(=O)OC[C@H](COP(=O)(O)OCC[N+](C)(C)C)OC(=O)CCCCCCCCCCCNc1ccc([N+](=O)[O-])c2nonc12. The van der Waals surface area contributed by atoms with E-state index in [9.17, 15) is 29.2 Å². The standard InChI is InChI=1S/C40H70N5O11P/c1-5-6-7-8-9-10-11-13-16-19-22-25-37(46)52-32-34(33-54-57(50,51)53-31-30-45(2,3)4)55-38(47)26-23-20-17-14-12-15-18-21-24-29-41-35-27-28-36(44(48)49)40-39(35)42-56-43-40/h27-28,34H,5-26,29-33H2,1-4H3,(H-,41,43,50,51)/p+1/t34-/m1/s1. The van der Waals surface area contributed by atoms with Crippen molar-refractivity contribution in [2.45, 2.75) is 154 Å². The van der Waals surface area contributed by atoms with Crippen LogP contribution in [0.2, 0.25) is 0 Å². The summed E-state index contributed by atoms with van der Waals surface area (Å²) in [6.07, 6.45) is 21.1. The molecule has 0 bridgehead atoms. The van der Waals surface area contributed by atoms with Crippen molar-refractivity contribution >= 4 is 42.2 Å². The van der Waals surface area contributed by atoms with E-state index in [1.165, 1.54) is 57.4 Å². The first-order valence-corrected chi connectivity index (χ1v) is 22.7. The lowest BCUT2D eigenvalue weighted by Gasteiger charge is -2.24. The summed E-state index contributed by atoms with van der Waals surface area (Å²) in [7, 11) is 1.38. The number of nitro benzene ring substituents is 1. The average molecular weight is 829 g/mol. The van der Waals surface area contributed by atoms with Gasteiger partial charge in [-0.15, -0.1) is 0 Å². The fourth-order valence-corrected chi connectivity index (χ4v) is 6.94. The highest BCUT2D eigenvalue weighted by Gasteiger charge is 2.27. The Kier molecular flexibility index (Phi) is 25.5. The first kappa shape index (κ1) is 50.0. The van der Waals surface area contributed by atoms with Crippen LogP contribution in [0.4, 0.5) is 11.4 Å². The number of ether oxygens (including phenoxy) is 2. The molecule has 0 aliphatic carbocycles. The Morgan fingerprint density at radius 3 is 1.88 bits per heavy atom. The van der Waals surface area contributed by atoms with Gasteiger partial charge in [-0.05, 0) is 35.6 Å². The highest BCUT2D eigenvalue weighted by atomic mass is 31.2. The van der Waals surface area contributed by atoms with Gasteiger partial charge < -0.3 is 24.2 Å². The average Bonchev–Trinajstić information content (AvgIpc) is 3.65. The van der Waals surface area contributed by atoms with E-state index in [-0.39, 0.29) is 37.3 Å². The number of esters is 2. The number of hydrogen-bond donors (Lipinski definition) is 2. The highest BCUT2D eigenvalue weighted by molar-refractivity contribution is 7.47. The second-order valence-corrected chi connectivity index (χ2v) is 17.4. The van der Waals surface area contributed by atoms with Crippen molar-refractivity contribution in [1.82, 2.24) is 10.3 Å². The van der Waals surface area contributed by atoms with Crippen LogP contribution in [0.1, 0.15) is 148 Å². The summed E-state index contributed by atoms with van der Waals surface area (Å²) in [4.78, 5) is 46.0. The van der Waals surface area contributed by atoms with E-state index in [4.69, 9.17) is 23.2 Å². The summed E-state index contributed by atoms with van der Waals surface area (Å²) in [5.41, 5.74) is 0.999. The number of benzene rings is 1. The predicted octanol–water partition coefficient (Wildman–Crippen LogP) is 9.44. The van der Waals surface area contributed by atoms with Crippen LogP contribution in [0.5, 0.6) is 0 Å². The second-order valence-electron chi connectivity index (χ2n) is 15.9. The molecule has 0 saturated carbocycles. The molecule has 0 radical (unpaired) electrons. The molecule has 2 aromatic rings. The van der Waals surface area contributed by atoms with Gasteiger partial charge in [0, 0.05) is 25.5 Å². The van der Waals surface area contributed by atoms with Crippen LogP contribution in [0, 0.1) is 10.1 Å². The van der Waals surface area contributed by atoms with Crippen molar-refractivity contribution in [1.29, 1.82) is 0 Å². The zero-order valence-corrected chi connectivity index (χ0v) is 36.0. The van der Waals surface area contributed by atoms with Crippen molar-refractivity contribution in [3.05, 3.63) is 22.2 Å². The Bertz CT molecular complexity index is 1470. The molecular weight excluding hydrogens is 757 g/mol. The van der Waals surface area contributed by atoms with Crippen LogP contribution in [0.25, 0.3) is 11.0 Å². The maximum Gasteiger partial charge on any atom is 0.472 e. The summed E-state index contributed by atoms with van der Waals surface area (Å²) in [5.74, 6) is -0.879. The maximum absolute atomic E-state index is 12.7. The Morgan fingerprint density at radius 1 is 0.789 bits per heavy atom. The quantitative estimate of drug-likeness (QED) is 0.0164. The molecule has 0 saturated heterocycles. The molecule has 326 valence electrons. The van der Waals surface area contributed by atoms with Crippen molar-refractivity contribution in [2.75, 3.05) is 59.4 Å². The van der Waals surface area contributed by atoms with Gasteiger partial charge in [-0.3, -0.25) is 28.8 Å². The van der Waals surface area contributed by atoms with Gasteiger partial charge in [0.05, 0.1) is 38.4 Å². The number of hydrogen-bond acceptors (Lipinski definition) is 13. The van der Waals surface area contributed by atoms with Crippen LogP contribution < -0.4 is 5.32 Å². The molecule has 1 aromatic heterocycles. The molecule has 16 nitrogen and oxygen atoms in total. The van der Waals surface area contributed by atoms with Gasteiger partial charge in [0.2, 0.25) is 5.52 Å². The highest BCUT2D eigenvalue weighted by Crippen LogP contribution is 2.43. The number of nitrogens with zero attached hydrogens (tertiary/aromatic N) is 4. The molecule has 0 amide bonds. The van der Waals surface area contributed by atoms with Crippen molar-refractivity contribution < 1.29 is 51.6 Å². The summed E-state index contributed by atoms with van der Waals surface area (Å²) in [5, 5.41) is 21.9. The van der Waals surface area contributed by atoms with Crippen molar-refractivity contribution in [2.24, 2.45) is 0 Å². The number of fused-ring (bicyclic) bond motifs is 1. The predicted molar refractivity (Wildman–Crippen MR) is 220 cm³/mol. The fraction of sp³-hybridized carbons (Fsp3) is 0.800. The van der Waals surface area contributed by atoms with Crippen LogP contribution in [-0.2, 0) is 32.7 Å². The van der Waals surface area contributed by atoms with Gasteiger partial charge >= 0.3 is 25.4 Å². The Hall–Kier alpha value is -3.17. The second kappa shape index (κ2) is 29.1. The normalized spacial score (nSPS) is 13.4. The molecule has 57 heavy (non-hydrogen) atoms. The topological polar surface area (TPSA) is 202 Å². The summed E-state index contributed by atoms with van der Waals surface area (Å²) in [6.45, 7) is 2.72. The number of phosphoric acid groups is 1. The number of carbonyl (C=O) groups excluding carboxylic acids is 2. The molecule has 2 rings (SSSR count). The first-order valence-electron chi connectivity index (χ1n) is 21.2. The number of nitrogens with one attached hydrogen (secondary N) is 1. The molecule has 2 atom stereocenters. The van der Waals surface area contributed by atoms with Crippen molar-refractivity contribution in [3.63, 3.8) is 0 Å². The van der Waals surface area contributed by atoms with Crippen LogP contribution in [-0.4, -0.2) is 96.7 Å². The third-order valence-corrected chi connectivity index (χ3v) is 10.6. The van der Waals surface area contributed by atoms with Gasteiger partial charge in [0.25, 0.3) is 0 Å². The molecular formula is C40H71N5O11P+. The Balaban J connectivity index is 1.61. The number of phosphoric ester groups is 1. The maximum atomic E-state index is 12.7. The van der Waals surface area contributed by atoms with Gasteiger partial charge in [-0.25, -0.2) is 9.19 Å². The van der Waals surface area contributed by atoms with Gasteiger partial charge in [0.1, 0.15) is 19.8 Å². The third-order valence-electron chi connectivity index (χ3n) is 9.62. The zero-order chi connectivity index (χ0) is 41.8. The van der Waals surface area contributed by atoms with E-state index in [0.717, 1.165) is 70.6 Å². The number of aromatic nitrogens is 2. The number of likely N-dealkylation sites (N-methyl/N-ethyl adjacent to an activating group) is 1. The molecule has 0 spiro atoms. The number of unbranched alkanes of at least 4 members (excludes halogenated alkanes) is 18. The lowest BCUT2D eigenvalue weighted by atomic mass is 10.1. The monoisotopic (exact) mass is 828 g/mol. The molecule has 17 heteroatoms. The molecule has 1 unspecified atom stereocenters. The fourth-order valence-electron chi connectivity index (χ4n) is 6.20. The number of quaternary nitrogens is 1. The van der Waals surface area contributed by atoms with Gasteiger partial charge in [0.15, 0.2) is 11.6 Å². The molecule has 1 aromatic carbocycles. The summed E-state index contributed by atoms with van der Waals surface area (Å²) in [6, 6.07) is 3.02. The summed E-state index contributed by atoms with van der Waals surface area (Å²) >= 11 is 0. The largest absolute Gasteiger partial charge is 0.472 e. The van der Waals surface area contributed by atoms with E-state index in [2.05, 4.69) is 22.6 Å². The smallest absolute Gasteiger partial charge is 0.462 e. The van der Waals surface area contributed by atoms with Crippen LogP contribution >= 0.6 is 7.82 Å². The van der Waals surface area contributed by atoms with E-state index >= 15 is 0 Å². The number of carbonyl (C=O) groups is 2. The van der Waals surface area contributed by atoms with Gasteiger partial charge in [-0.2, -0.15) is 0 Å². The van der Waals surface area contributed by atoms with Crippen LogP contribution in [0.3, 0.4) is 0 Å². The third kappa shape index (κ3) is 24.4. The number of nitro groups is 1. The Labute approximate surface area is 339 Å². The van der Waals surface area contributed by atoms with Crippen LogP contribution in [0.15, 0.2) is 16.8 Å². The minimum absolute atomic E-state index is 0.00559. The summed E-state index contributed by atoms with van der Waals surface area (Å²) < 4.78 is 38.9. The first-order chi connectivity index (χ1) is 27.3. The number of rotatable bonds is 36. The van der Waals surface area contributed by atoms with E-state index in [1.54, 1.807) is 6.07 Å². The molecule has 0 aliphatic rings. The van der Waals surface area contributed by atoms with E-state index < -0.39 is 37.4 Å². The lowest BCUT2D eigenvalue weighted by molar-refractivity contribution is -0.870. The van der Waals surface area contributed by atoms with Gasteiger partial charge in [-0.1, -0.05) is 116 Å². The minimum atomic E-state index is -4.41. The molecule has 2 N–H and O–H groups in total. The zero-order valence-electron chi connectivity index (χ0n) is 35.1. The van der Waals surface area contributed by atoms with Crippen molar-refractivity contribution in [3.8, 4) is 0 Å². The van der Waals surface area contributed by atoms with E-state index in [1.807, 2.05) is 21.1 Å². The number of non-ortho nitro benzene ring substituents is 1.